The Hall–Kier alpha value is -1.59. The Morgan fingerprint density at radius 2 is 2.20 bits per heavy atom. The van der Waals surface area contributed by atoms with E-state index in [0.717, 1.165) is 12.3 Å². The number of rotatable bonds is 3. The van der Waals surface area contributed by atoms with E-state index in [9.17, 15) is 13.2 Å². The van der Waals surface area contributed by atoms with Gasteiger partial charge >= 0.3 is 6.18 Å². The minimum absolute atomic E-state index is 0.0311. The van der Waals surface area contributed by atoms with Gasteiger partial charge in [0.15, 0.2) is 11.6 Å². The van der Waals surface area contributed by atoms with Crippen molar-refractivity contribution in [1.29, 1.82) is 0 Å². The molecule has 6 heteroatoms. The van der Waals surface area contributed by atoms with Gasteiger partial charge < -0.3 is 4.74 Å². The Morgan fingerprint density at radius 3 is 2.73 bits per heavy atom. The SMILES string of the molecule is C=C(OCC)c1nccc(C(F)(F)F)n1. The lowest BCUT2D eigenvalue weighted by molar-refractivity contribution is -0.141. The second-order valence-electron chi connectivity index (χ2n) is 2.62. The smallest absolute Gasteiger partial charge is 0.433 e. The highest BCUT2D eigenvalue weighted by molar-refractivity contribution is 5.49. The zero-order chi connectivity index (χ0) is 11.5. The number of ether oxygens (including phenoxy) is 1. The molecule has 0 radical (unpaired) electrons. The highest BCUT2D eigenvalue weighted by atomic mass is 19.4. The monoisotopic (exact) mass is 218 g/mol. The van der Waals surface area contributed by atoms with Crippen LogP contribution in [0.25, 0.3) is 5.76 Å². The van der Waals surface area contributed by atoms with Crippen LogP contribution in [0, 0.1) is 0 Å². The molecule has 0 aliphatic rings. The van der Waals surface area contributed by atoms with Gasteiger partial charge in [-0.1, -0.05) is 6.58 Å². The molecule has 0 spiro atoms. The summed E-state index contributed by atoms with van der Waals surface area (Å²) in [6.07, 6.45) is -3.46. The number of nitrogens with zero attached hydrogens (tertiary/aromatic N) is 2. The van der Waals surface area contributed by atoms with Gasteiger partial charge in [0.05, 0.1) is 6.61 Å². The maximum Gasteiger partial charge on any atom is 0.433 e. The average molecular weight is 218 g/mol. The summed E-state index contributed by atoms with van der Waals surface area (Å²) in [6, 6.07) is 0.794. The Bertz CT molecular complexity index is 363. The Labute approximate surface area is 84.6 Å². The van der Waals surface area contributed by atoms with E-state index in [-0.39, 0.29) is 11.6 Å². The first-order valence-corrected chi connectivity index (χ1v) is 4.17. The molecule has 0 amide bonds. The molecule has 1 aromatic heterocycles. The average Bonchev–Trinajstić information content (AvgIpc) is 2.17. The fraction of sp³-hybridized carbons (Fsp3) is 0.333. The predicted octanol–water partition coefficient (Wildman–Crippen LogP) is 2.50. The second kappa shape index (κ2) is 4.29. The van der Waals surface area contributed by atoms with Gasteiger partial charge in [-0.05, 0) is 13.0 Å². The standard InChI is InChI=1S/C9H9F3N2O/c1-3-15-6(2)8-13-5-4-7(14-8)9(10,11)12/h4-5H,2-3H2,1H3. The fourth-order valence-electron chi connectivity index (χ4n) is 0.890. The maximum atomic E-state index is 12.3. The Balaban J connectivity index is 2.98. The van der Waals surface area contributed by atoms with Crippen LogP contribution in [0.2, 0.25) is 0 Å². The molecule has 0 aliphatic carbocycles. The minimum atomic E-state index is -4.48. The quantitative estimate of drug-likeness (QED) is 0.731. The molecular formula is C9H9F3N2O. The molecule has 0 fully saturated rings. The van der Waals surface area contributed by atoms with E-state index in [0.29, 0.717) is 6.61 Å². The van der Waals surface area contributed by atoms with Crippen LogP contribution >= 0.6 is 0 Å². The van der Waals surface area contributed by atoms with Crippen LogP contribution in [0.15, 0.2) is 18.8 Å². The summed E-state index contributed by atoms with van der Waals surface area (Å²) >= 11 is 0. The molecule has 0 unspecified atom stereocenters. The van der Waals surface area contributed by atoms with Crippen LogP contribution in [0.4, 0.5) is 13.2 Å². The Kier molecular flexibility index (Phi) is 3.28. The summed E-state index contributed by atoms with van der Waals surface area (Å²) in [5.41, 5.74) is -1.01. The highest BCUT2D eigenvalue weighted by Crippen LogP contribution is 2.27. The third-order valence-corrected chi connectivity index (χ3v) is 1.51. The normalized spacial score (nSPS) is 11.2. The van der Waals surface area contributed by atoms with Crippen molar-refractivity contribution in [3.05, 3.63) is 30.4 Å². The van der Waals surface area contributed by atoms with Gasteiger partial charge in [0, 0.05) is 6.20 Å². The number of hydrogen-bond donors (Lipinski definition) is 0. The lowest BCUT2D eigenvalue weighted by Gasteiger charge is -2.08. The maximum absolute atomic E-state index is 12.3. The van der Waals surface area contributed by atoms with E-state index < -0.39 is 11.9 Å². The zero-order valence-electron chi connectivity index (χ0n) is 8.01. The summed E-state index contributed by atoms with van der Waals surface area (Å²) in [6.45, 7) is 5.42. The lowest BCUT2D eigenvalue weighted by atomic mass is 10.4. The first kappa shape index (κ1) is 11.5. The summed E-state index contributed by atoms with van der Waals surface area (Å²) in [5.74, 6) is -0.115. The number of hydrogen-bond acceptors (Lipinski definition) is 3. The molecule has 0 N–H and O–H groups in total. The molecule has 15 heavy (non-hydrogen) atoms. The summed E-state index contributed by atoms with van der Waals surface area (Å²) in [4.78, 5) is 6.94. The number of alkyl halides is 3. The fourth-order valence-corrected chi connectivity index (χ4v) is 0.890. The van der Waals surface area contributed by atoms with Crippen LogP contribution < -0.4 is 0 Å². The third kappa shape index (κ3) is 2.93. The highest BCUT2D eigenvalue weighted by Gasteiger charge is 2.32. The van der Waals surface area contributed by atoms with Crippen LogP contribution in [-0.4, -0.2) is 16.6 Å². The molecule has 0 aromatic carbocycles. The molecule has 0 saturated heterocycles. The van der Waals surface area contributed by atoms with Crippen molar-refractivity contribution in [2.75, 3.05) is 6.61 Å². The van der Waals surface area contributed by atoms with Crippen molar-refractivity contribution in [1.82, 2.24) is 9.97 Å². The third-order valence-electron chi connectivity index (χ3n) is 1.51. The van der Waals surface area contributed by atoms with Crippen molar-refractivity contribution >= 4 is 5.76 Å². The van der Waals surface area contributed by atoms with E-state index in [4.69, 9.17) is 4.74 Å². The van der Waals surface area contributed by atoms with Crippen LogP contribution in [0.5, 0.6) is 0 Å². The van der Waals surface area contributed by atoms with Crippen molar-refractivity contribution in [2.45, 2.75) is 13.1 Å². The van der Waals surface area contributed by atoms with E-state index in [1.165, 1.54) is 0 Å². The summed E-state index contributed by atoms with van der Waals surface area (Å²) in [5, 5.41) is 0. The largest absolute Gasteiger partial charge is 0.491 e. The van der Waals surface area contributed by atoms with Gasteiger partial charge in [-0.2, -0.15) is 13.2 Å². The summed E-state index contributed by atoms with van der Waals surface area (Å²) < 4.78 is 41.7. The van der Waals surface area contributed by atoms with E-state index in [1.807, 2.05) is 0 Å². The lowest BCUT2D eigenvalue weighted by Crippen LogP contribution is -2.10. The minimum Gasteiger partial charge on any atom is -0.491 e. The van der Waals surface area contributed by atoms with Gasteiger partial charge in [0.25, 0.3) is 0 Å². The predicted molar refractivity (Wildman–Crippen MR) is 47.7 cm³/mol. The molecule has 0 atom stereocenters. The molecule has 3 nitrogen and oxygen atoms in total. The van der Waals surface area contributed by atoms with Crippen molar-refractivity contribution in [3.63, 3.8) is 0 Å². The molecule has 0 bridgehead atoms. The van der Waals surface area contributed by atoms with E-state index >= 15 is 0 Å². The number of aromatic nitrogens is 2. The molecular weight excluding hydrogens is 209 g/mol. The van der Waals surface area contributed by atoms with Crippen molar-refractivity contribution < 1.29 is 17.9 Å². The zero-order valence-corrected chi connectivity index (χ0v) is 8.01. The van der Waals surface area contributed by atoms with E-state index in [2.05, 4.69) is 16.5 Å². The van der Waals surface area contributed by atoms with Crippen molar-refractivity contribution in [2.24, 2.45) is 0 Å². The van der Waals surface area contributed by atoms with Crippen LogP contribution in [0.3, 0.4) is 0 Å². The Morgan fingerprint density at radius 1 is 1.53 bits per heavy atom. The van der Waals surface area contributed by atoms with Gasteiger partial charge in [0.1, 0.15) is 5.69 Å². The summed E-state index contributed by atoms with van der Waals surface area (Å²) in [7, 11) is 0. The first-order chi connectivity index (χ1) is 6.95. The van der Waals surface area contributed by atoms with Gasteiger partial charge in [-0.25, -0.2) is 9.97 Å². The molecule has 1 aromatic rings. The van der Waals surface area contributed by atoms with Crippen molar-refractivity contribution in [3.8, 4) is 0 Å². The number of halogens is 3. The van der Waals surface area contributed by atoms with Gasteiger partial charge in [0.2, 0.25) is 0 Å². The first-order valence-electron chi connectivity index (χ1n) is 4.17. The molecule has 1 heterocycles. The topological polar surface area (TPSA) is 35.0 Å². The molecule has 0 aliphatic heterocycles. The molecule has 0 saturated carbocycles. The van der Waals surface area contributed by atoms with E-state index in [1.54, 1.807) is 6.92 Å². The van der Waals surface area contributed by atoms with Gasteiger partial charge in [-0.15, -0.1) is 0 Å². The van der Waals surface area contributed by atoms with Crippen LogP contribution in [0.1, 0.15) is 18.4 Å². The second-order valence-corrected chi connectivity index (χ2v) is 2.62. The van der Waals surface area contributed by atoms with Gasteiger partial charge in [-0.3, -0.25) is 0 Å². The molecule has 1 rings (SSSR count). The molecule has 82 valence electrons. The van der Waals surface area contributed by atoms with Crippen LogP contribution in [-0.2, 0) is 10.9 Å².